The van der Waals surface area contributed by atoms with E-state index in [0.29, 0.717) is 24.5 Å². The van der Waals surface area contributed by atoms with Crippen molar-refractivity contribution in [3.8, 4) is 5.75 Å². The van der Waals surface area contributed by atoms with Crippen molar-refractivity contribution < 1.29 is 15.0 Å². The van der Waals surface area contributed by atoms with Crippen molar-refractivity contribution in [1.82, 2.24) is 4.90 Å². The molecule has 1 heterocycles. The average Bonchev–Trinajstić information content (AvgIpc) is 3.43. The number of benzene rings is 1. The van der Waals surface area contributed by atoms with Crippen LogP contribution in [0.1, 0.15) is 63.5 Å². The minimum atomic E-state index is -0.881. The number of nitrogens with zero attached hydrogens (tertiary/aromatic N) is 1. The Hall–Kier alpha value is -1.39. The molecule has 3 aliphatic carbocycles. The molecule has 0 amide bonds. The lowest BCUT2D eigenvalue weighted by Gasteiger charge is -2.64. The van der Waals surface area contributed by atoms with Crippen LogP contribution in [0.2, 0.25) is 0 Å². The lowest BCUT2D eigenvalue weighted by atomic mass is 9.47. The van der Waals surface area contributed by atoms with E-state index in [4.69, 9.17) is 0 Å². The molecule has 2 saturated carbocycles. The molecular weight excluding hydrogens is 350 g/mol. The molecule has 1 aromatic rings. The molecule has 2 bridgehead atoms. The molecule has 152 valence electrons. The summed E-state index contributed by atoms with van der Waals surface area (Å²) in [6.45, 7) is 6.35. The third-order valence-electron chi connectivity index (χ3n) is 8.10. The van der Waals surface area contributed by atoms with Crippen LogP contribution in [0.4, 0.5) is 0 Å². The van der Waals surface area contributed by atoms with E-state index in [9.17, 15) is 15.0 Å². The summed E-state index contributed by atoms with van der Waals surface area (Å²) in [6, 6.07) is 5.70. The van der Waals surface area contributed by atoms with Crippen LogP contribution in [0.15, 0.2) is 18.2 Å². The lowest BCUT2D eigenvalue weighted by molar-refractivity contribution is -0.182. The van der Waals surface area contributed by atoms with Crippen molar-refractivity contribution >= 4 is 5.78 Å². The highest BCUT2D eigenvalue weighted by molar-refractivity contribution is 5.85. The Morgan fingerprint density at radius 3 is 2.79 bits per heavy atom. The van der Waals surface area contributed by atoms with Gasteiger partial charge in [0, 0.05) is 30.3 Å². The summed E-state index contributed by atoms with van der Waals surface area (Å²) in [5.74, 6) is 1.75. The number of fused-ring (bicyclic) bond motifs is 1. The van der Waals surface area contributed by atoms with E-state index in [-0.39, 0.29) is 17.7 Å². The number of piperidine rings is 1. The van der Waals surface area contributed by atoms with Gasteiger partial charge in [-0.2, -0.15) is 0 Å². The number of Topliss-reactive ketones (excluding diaryl/α,β-unsaturated/α-hetero) is 1. The summed E-state index contributed by atoms with van der Waals surface area (Å²) in [5.41, 5.74) is 0.833. The topological polar surface area (TPSA) is 60.8 Å². The Kier molecular flexibility index (Phi) is 4.19. The fraction of sp³-hybridized carbons (Fsp3) is 0.708. The molecule has 0 aromatic heterocycles. The molecule has 5 rings (SSSR count). The lowest BCUT2D eigenvalue weighted by Crippen LogP contribution is -2.74. The smallest absolute Gasteiger partial charge is 0.137 e. The molecule has 4 nitrogen and oxygen atoms in total. The highest BCUT2D eigenvalue weighted by atomic mass is 16.3. The third kappa shape index (κ3) is 2.68. The first-order chi connectivity index (χ1) is 13.3. The monoisotopic (exact) mass is 383 g/mol. The standard InChI is InChI=1S/C24H33NO3/c1-15(2)9-18-12-24(28)22-10-17-5-6-19(26)11-20(17)23(24,13-21(18)27)7-8-25(22)14-16-3-4-16/h5-6,11,15-16,18,22,26,28H,3-4,7-10,12-14H2,1-2H3. The molecule has 1 aliphatic heterocycles. The number of likely N-dealkylation sites (tertiary alicyclic amines) is 1. The van der Waals surface area contributed by atoms with E-state index in [0.717, 1.165) is 43.8 Å². The van der Waals surface area contributed by atoms with E-state index < -0.39 is 11.0 Å². The van der Waals surface area contributed by atoms with Crippen LogP contribution in [0, 0.1) is 17.8 Å². The second-order valence-corrected chi connectivity index (χ2v) is 10.4. The van der Waals surface area contributed by atoms with Crippen LogP contribution < -0.4 is 0 Å². The Bertz CT molecular complexity index is 801. The SMILES string of the molecule is CC(C)CC1CC2(O)C3Cc4ccc(O)cc4C2(CCN3CC2CC2)CC1=O. The molecule has 4 atom stereocenters. The summed E-state index contributed by atoms with van der Waals surface area (Å²) < 4.78 is 0. The summed E-state index contributed by atoms with van der Waals surface area (Å²) in [6.07, 6.45) is 6.11. The Morgan fingerprint density at radius 2 is 2.07 bits per heavy atom. The van der Waals surface area contributed by atoms with E-state index in [1.54, 1.807) is 6.07 Å². The number of ketones is 1. The number of hydrogen-bond acceptors (Lipinski definition) is 4. The first-order valence-electron chi connectivity index (χ1n) is 11.1. The number of carbonyl (C=O) groups excluding carboxylic acids is 1. The van der Waals surface area contributed by atoms with E-state index >= 15 is 0 Å². The van der Waals surface area contributed by atoms with Gasteiger partial charge in [0.25, 0.3) is 0 Å². The van der Waals surface area contributed by atoms with Gasteiger partial charge in [-0.05, 0) is 80.2 Å². The number of rotatable bonds is 4. The zero-order chi connectivity index (χ0) is 19.7. The maximum absolute atomic E-state index is 13.2. The quantitative estimate of drug-likeness (QED) is 0.836. The van der Waals surface area contributed by atoms with E-state index in [1.165, 1.54) is 18.4 Å². The molecule has 4 heteroatoms. The number of aromatic hydroxyl groups is 1. The summed E-state index contributed by atoms with van der Waals surface area (Å²) in [4.78, 5) is 15.7. The van der Waals surface area contributed by atoms with Gasteiger partial charge < -0.3 is 10.2 Å². The van der Waals surface area contributed by atoms with Gasteiger partial charge >= 0.3 is 0 Å². The minimum Gasteiger partial charge on any atom is -0.508 e. The predicted molar refractivity (Wildman–Crippen MR) is 108 cm³/mol. The molecule has 3 fully saturated rings. The number of phenols is 1. The minimum absolute atomic E-state index is 0.0413. The fourth-order valence-corrected chi connectivity index (χ4v) is 6.62. The number of hydrogen-bond donors (Lipinski definition) is 2. The van der Waals surface area contributed by atoms with Gasteiger partial charge in [0.05, 0.1) is 5.60 Å². The third-order valence-corrected chi connectivity index (χ3v) is 8.10. The molecule has 0 radical (unpaired) electrons. The van der Waals surface area contributed by atoms with Gasteiger partial charge in [-0.15, -0.1) is 0 Å². The van der Waals surface area contributed by atoms with Gasteiger partial charge in [-0.3, -0.25) is 9.69 Å². The zero-order valence-corrected chi connectivity index (χ0v) is 17.2. The van der Waals surface area contributed by atoms with Gasteiger partial charge in [-0.1, -0.05) is 19.9 Å². The highest BCUT2D eigenvalue weighted by Crippen LogP contribution is 2.59. The molecule has 2 N–H and O–H groups in total. The van der Waals surface area contributed by atoms with Crippen LogP contribution in [-0.2, 0) is 16.6 Å². The summed E-state index contributed by atoms with van der Waals surface area (Å²) >= 11 is 0. The normalized spacial score (nSPS) is 37.6. The van der Waals surface area contributed by atoms with Crippen LogP contribution in [0.3, 0.4) is 0 Å². The molecule has 4 aliphatic rings. The van der Waals surface area contributed by atoms with Gasteiger partial charge in [-0.25, -0.2) is 0 Å². The van der Waals surface area contributed by atoms with Crippen LogP contribution >= 0.6 is 0 Å². The largest absolute Gasteiger partial charge is 0.508 e. The highest BCUT2D eigenvalue weighted by Gasteiger charge is 2.66. The second-order valence-electron chi connectivity index (χ2n) is 10.4. The first kappa shape index (κ1) is 18.6. The van der Waals surface area contributed by atoms with Crippen molar-refractivity contribution in [1.29, 1.82) is 0 Å². The maximum atomic E-state index is 13.2. The van der Waals surface area contributed by atoms with Crippen molar-refractivity contribution in [3.63, 3.8) is 0 Å². The number of carbonyl (C=O) groups is 1. The Balaban J connectivity index is 1.60. The van der Waals surface area contributed by atoms with Crippen molar-refractivity contribution in [2.45, 2.75) is 75.9 Å². The predicted octanol–water partition coefficient (Wildman–Crippen LogP) is 3.43. The molecule has 28 heavy (non-hydrogen) atoms. The van der Waals surface area contributed by atoms with Gasteiger partial charge in [0.15, 0.2) is 0 Å². The van der Waals surface area contributed by atoms with Crippen LogP contribution in [0.5, 0.6) is 5.75 Å². The number of phenolic OH excluding ortho intramolecular Hbond substituents is 1. The molecule has 1 aromatic carbocycles. The average molecular weight is 384 g/mol. The molecule has 1 saturated heterocycles. The van der Waals surface area contributed by atoms with Crippen LogP contribution in [0.25, 0.3) is 0 Å². The van der Waals surface area contributed by atoms with Crippen LogP contribution in [-0.4, -0.2) is 45.6 Å². The van der Waals surface area contributed by atoms with E-state index in [1.807, 2.05) is 12.1 Å². The summed E-state index contributed by atoms with van der Waals surface area (Å²) in [7, 11) is 0. The van der Waals surface area contributed by atoms with E-state index in [2.05, 4.69) is 18.7 Å². The summed E-state index contributed by atoms with van der Waals surface area (Å²) in [5, 5.41) is 22.5. The molecule has 4 unspecified atom stereocenters. The first-order valence-corrected chi connectivity index (χ1v) is 11.1. The zero-order valence-electron chi connectivity index (χ0n) is 17.2. The van der Waals surface area contributed by atoms with Crippen molar-refractivity contribution in [2.24, 2.45) is 17.8 Å². The Morgan fingerprint density at radius 1 is 1.29 bits per heavy atom. The van der Waals surface area contributed by atoms with Gasteiger partial charge in [0.2, 0.25) is 0 Å². The van der Waals surface area contributed by atoms with Crippen molar-refractivity contribution in [3.05, 3.63) is 29.3 Å². The maximum Gasteiger partial charge on any atom is 0.137 e. The fourth-order valence-electron chi connectivity index (χ4n) is 6.62. The van der Waals surface area contributed by atoms with Crippen molar-refractivity contribution in [2.75, 3.05) is 13.1 Å². The Labute approximate surface area is 167 Å². The molecule has 0 spiro atoms. The number of aliphatic hydroxyl groups is 1. The molecular formula is C24H33NO3. The second kappa shape index (κ2) is 6.30. The van der Waals surface area contributed by atoms with Gasteiger partial charge in [0.1, 0.15) is 11.5 Å².